The highest BCUT2D eigenvalue weighted by Crippen LogP contribution is 2.48. The van der Waals surface area contributed by atoms with Crippen molar-refractivity contribution in [1.82, 2.24) is 15.2 Å². The van der Waals surface area contributed by atoms with Crippen molar-refractivity contribution in [2.45, 2.75) is 12.7 Å². The number of anilines is 3. The molecule has 0 bridgehead atoms. The van der Waals surface area contributed by atoms with E-state index < -0.39 is 18.2 Å². The van der Waals surface area contributed by atoms with Gasteiger partial charge in [-0.15, -0.1) is 20.1 Å². The van der Waals surface area contributed by atoms with E-state index in [0.29, 0.717) is 40.3 Å². The number of fused-ring (bicyclic) bond motifs is 1. The summed E-state index contributed by atoms with van der Waals surface area (Å²) in [5.74, 6) is -1.04. The van der Waals surface area contributed by atoms with E-state index in [1.807, 2.05) is 6.08 Å². The van der Waals surface area contributed by atoms with Crippen molar-refractivity contribution in [3.05, 3.63) is 59.8 Å². The highest BCUT2D eigenvalue weighted by atomic mass is 32.1. The maximum atomic E-state index is 13.5. The molecule has 0 aliphatic carbocycles. The number of rotatable bonds is 4. The minimum Gasteiger partial charge on any atom is -0.395 e. The van der Waals surface area contributed by atoms with Gasteiger partial charge in [0.15, 0.2) is 11.5 Å². The molecule has 0 saturated heterocycles. The number of thiophene rings is 1. The summed E-state index contributed by atoms with van der Waals surface area (Å²) in [5, 5.41) is 6.10. The second kappa shape index (κ2) is 8.27. The molecule has 6 rings (SSSR count). The first kappa shape index (κ1) is 22.9. The minimum absolute atomic E-state index is 0.147. The number of nitrogens with zero attached hydrogens (tertiary/aromatic N) is 3. The van der Waals surface area contributed by atoms with Gasteiger partial charge in [0.05, 0.1) is 29.0 Å². The molecular formula is C24H17F2N5O5S. The maximum absolute atomic E-state index is 13.5. The number of pyridine rings is 1. The number of carbonyl (C=O) groups is 3. The Bertz CT molecular complexity index is 1550. The molecular weight excluding hydrogens is 508 g/mol. The molecule has 0 unspecified atom stereocenters. The maximum Gasteiger partial charge on any atom is 0.586 e. The van der Waals surface area contributed by atoms with Gasteiger partial charge in [0.1, 0.15) is 9.71 Å². The van der Waals surface area contributed by atoms with Gasteiger partial charge in [-0.05, 0) is 30.7 Å². The number of nitrogens with one attached hydrogen (secondary N) is 2. The number of benzene rings is 1. The van der Waals surface area contributed by atoms with Crippen LogP contribution in [0.3, 0.4) is 0 Å². The van der Waals surface area contributed by atoms with Crippen LogP contribution in [0.2, 0.25) is 0 Å². The molecule has 1 aromatic carbocycles. The van der Waals surface area contributed by atoms with Crippen LogP contribution in [0.25, 0.3) is 10.2 Å². The number of carbonyl (C=O) groups excluding carboxylic acids is 3. The number of amides is 4. The molecule has 3 aliphatic rings. The number of hydrogen-bond acceptors (Lipinski definition) is 7. The molecule has 10 nitrogen and oxygen atoms in total. The molecule has 0 spiro atoms. The normalized spacial score (nSPS) is 17.4. The summed E-state index contributed by atoms with van der Waals surface area (Å²) in [5.41, 5.74) is 1.53. The van der Waals surface area contributed by atoms with Gasteiger partial charge in [0, 0.05) is 24.5 Å². The first-order chi connectivity index (χ1) is 17.7. The van der Waals surface area contributed by atoms with Crippen LogP contribution in [-0.2, 0) is 4.79 Å². The van der Waals surface area contributed by atoms with Crippen LogP contribution in [0.5, 0.6) is 11.5 Å². The molecule has 37 heavy (non-hydrogen) atoms. The van der Waals surface area contributed by atoms with Crippen LogP contribution >= 0.6 is 11.3 Å². The molecule has 2 N–H and O–H groups in total. The summed E-state index contributed by atoms with van der Waals surface area (Å²) in [6.07, 6.45) is 1.35. The zero-order chi connectivity index (χ0) is 25.9. The van der Waals surface area contributed by atoms with E-state index in [4.69, 9.17) is 0 Å². The van der Waals surface area contributed by atoms with Crippen LogP contribution < -0.4 is 25.0 Å². The number of halogens is 2. The molecule has 3 aliphatic heterocycles. The average molecular weight is 525 g/mol. The second-order valence-electron chi connectivity index (χ2n) is 8.32. The predicted molar refractivity (Wildman–Crippen MR) is 130 cm³/mol. The smallest absolute Gasteiger partial charge is 0.395 e. The Kier molecular flexibility index (Phi) is 5.12. The number of aromatic nitrogens is 1. The van der Waals surface area contributed by atoms with E-state index in [1.54, 1.807) is 11.0 Å². The summed E-state index contributed by atoms with van der Waals surface area (Å²) < 4.78 is 35.9. The second-order valence-corrected chi connectivity index (χ2v) is 9.32. The van der Waals surface area contributed by atoms with Crippen molar-refractivity contribution in [3.63, 3.8) is 0 Å². The fourth-order valence-electron chi connectivity index (χ4n) is 4.43. The fourth-order valence-corrected chi connectivity index (χ4v) is 5.45. The van der Waals surface area contributed by atoms with Crippen molar-refractivity contribution in [1.29, 1.82) is 0 Å². The molecule has 13 heteroatoms. The van der Waals surface area contributed by atoms with Crippen LogP contribution in [-0.4, -0.2) is 47.1 Å². The molecule has 2 aromatic heterocycles. The summed E-state index contributed by atoms with van der Waals surface area (Å²) in [6, 6.07) is 5.02. The lowest BCUT2D eigenvalue weighted by Crippen LogP contribution is -2.39. The Labute approximate surface area is 211 Å². The summed E-state index contributed by atoms with van der Waals surface area (Å²) >= 11 is 1.10. The third kappa shape index (κ3) is 3.83. The van der Waals surface area contributed by atoms with Crippen molar-refractivity contribution in [3.8, 4) is 11.5 Å². The van der Waals surface area contributed by atoms with Gasteiger partial charge in [-0.3, -0.25) is 14.5 Å². The lowest BCUT2D eigenvalue weighted by molar-refractivity contribution is -0.286. The zero-order valence-corrected chi connectivity index (χ0v) is 19.7. The van der Waals surface area contributed by atoms with E-state index in [-0.39, 0.29) is 34.5 Å². The highest BCUT2D eigenvalue weighted by molar-refractivity contribution is 7.21. The lowest BCUT2D eigenvalue weighted by atomic mass is 10.1. The van der Waals surface area contributed by atoms with Gasteiger partial charge in [-0.1, -0.05) is 12.7 Å². The number of ether oxygens (including phenoxy) is 2. The SMILES string of the molecule is C=CC(=O)N1CCC=C(NC(=O)c2sc3nccc4c3c2NC(=O)N4c2ccc3c(c2)OC(F)(F)O3)C1. The van der Waals surface area contributed by atoms with Crippen LogP contribution in [0, 0.1) is 0 Å². The number of urea groups is 1. The number of alkyl halides is 2. The van der Waals surface area contributed by atoms with Crippen molar-refractivity contribution in [2.24, 2.45) is 0 Å². The molecule has 188 valence electrons. The van der Waals surface area contributed by atoms with Gasteiger partial charge in [-0.2, -0.15) is 0 Å². The molecule has 5 heterocycles. The van der Waals surface area contributed by atoms with Gasteiger partial charge in [0.2, 0.25) is 5.91 Å². The topological polar surface area (TPSA) is 113 Å². The predicted octanol–water partition coefficient (Wildman–Crippen LogP) is 4.33. The molecule has 4 amide bonds. The van der Waals surface area contributed by atoms with E-state index in [1.165, 1.54) is 35.4 Å². The van der Waals surface area contributed by atoms with Gasteiger partial charge < -0.3 is 25.0 Å². The molecule has 0 atom stereocenters. The standard InChI is InChI=1S/C24H17F2N5O5S/c1-2-17(32)30-9-3-4-12(11-30)28-21(33)20-19-18-14(7-8-27-22(18)37-20)31(23(34)29-19)13-5-6-15-16(10-13)36-24(25,26)35-15/h2,4-8,10H,1,3,9,11H2,(H,28,33)(H,29,34). The van der Waals surface area contributed by atoms with Crippen molar-refractivity contribution < 1.29 is 32.6 Å². The first-order valence-electron chi connectivity index (χ1n) is 11.1. The van der Waals surface area contributed by atoms with Crippen molar-refractivity contribution in [2.75, 3.05) is 23.3 Å². The summed E-state index contributed by atoms with van der Waals surface area (Å²) in [6.45, 7) is 4.24. The van der Waals surface area contributed by atoms with Crippen molar-refractivity contribution >= 4 is 56.5 Å². The zero-order valence-electron chi connectivity index (χ0n) is 18.9. The third-order valence-corrected chi connectivity index (χ3v) is 7.10. The van der Waals surface area contributed by atoms with Crippen LogP contribution in [0.15, 0.2) is 54.9 Å². The fraction of sp³-hybridized carbons (Fsp3) is 0.167. The molecule has 0 saturated carbocycles. The Morgan fingerprint density at radius 2 is 2.05 bits per heavy atom. The Hall–Kier alpha value is -4.52. The quantitative estimate of drug-likeness (QED) is 0.491. The Morgan fingerprint density at radius 3 is 2.86 bits per heavy atom. The van der Waals surface area contributed by atoms with Gasteiger partial charge in [-0.25, -0.2) is 9.78 Å². The monoisotopic (exact) mass is 525 g/mol. The Morgan fingerprint density at radius 1 is 1.24 bits per heavy atom. The average Bonchev–Trinajstić information content (AvgIpc) is 3.40. The molecule has 3 aromatic rings. The summed E-state index contributed by atoms with van der Waals surface area (Å²) in [7, 11) is 0. The van der Waals surface area contributed by atoms with E-state index >= 15 is 0 Å². The highest BCUT2D eigenvalue weighted by Gasteiger charge is 2.44. The Balaban J connectivity index is 1.34. The molecule has 0 radical (unpaired) electrons. The first-order valence-corrected chi connectivity index (χ1v) is 11.9. The van der Waals surface area contributed by atoms with Crippen LogP contribution in [0.4, 0.5) is 30.6 Å². The number of hydrogen-bond donors (Lipinski definition) is 2. The van der Waals surface area contributed by atoms with Gasteiger partial charge in [0.25, 0.3) is 5.91 Å². The summed E-state index contributed by atoms with van der Waals surface area (Å²) in [4.78, 5) is 46.4. The van der Waals surface area contributed by atoms with E-state index in [0.717, 1.165) is 11.3 Å². The molecule has 0 fully saturated rings. The lowest BCUT2D eigenvalue weighted by Gasteiger charge is -2.28. The van der Waals surface area contributed by atoms with E-state index in [2.05, 4.69) is 31.7 Å². The van der Waals surface area contributed by atoms with E-state index in [9.17, 15) is 23.2 Å². The largest absolute Gasteiger partial charge is 0.586 e. The van der Waals surface area contributed by atoms with Crippen LogP contribution in [0.1, 0.15) is 16.1 Å². The third-order valence-electron chi connectivity index (χ3n) is 6.01. The van der Waals surface area contributed by atoms with Gasteiger partial charge >= 0.3 is 12.3 Å². The minimum atomic E-state index is -3.79.